The Bertz CT molecular complexity index is 1470. The first-order chi connectivity index (χ1) is 19.8. The second-order valence-electron chi connectivity index (χ2n) is 10.5. The number of H-pyrrole nitrogens is 1. The number of hydrogen-bond donors (Lipinski definition) is 5. The van der Waals surface area contributed by atoms with Crippen molar-refractivity contribution in [1.82, 2.24) is 30.8 Å². The van der Waals surface area contributed by atoms with Gasteiger partial charge in [-0.25, -0.2) is 19.4 Å². The third-order valence-corrected chi connectivity index (χ3v) is 7.59. The molecule has 6 N–H and O–H groups in total. The van der Waals surface area contributed by atoms with Gasteiger partial charge >= 0.3 is 0 Å². The number of nitrogens with zero attached hydrogens (tertiary/aromatic N) is 4. The van der Waals surface area contributed by atoms with Crippen LogP contribution >= 0.6 is 0 Å². The molecule has 0 aromatic carbocycles. The van der Waals surface area contributed by atoms with Gasteiger partial charge in [0.25, 0.3) is 5.91 Å². The highest BCUT2D eigenvalue weighted by Gasteiger charge is 2.33. The van der Waals surface area contributed by atoms with E-state index in [1.807, 2.05) is 26.0 Å². The number of carbonyl (C=O) groups is 2. The molecular formula is C29H34FN9O2. The number of nitrogens with one attached hydrogen (secondary N) is 4. The predicted octanol–water partition coefficient (Wildman–Crippen LogP) is 4.16. The molecule has 3 aromatic rings. The smallest absolute Gasteiger partial charge is 0.253 e. The van der Waals surface area contributed by atoms with Gasteiger partial charge in [-0.2, -0.15) is 5.10 Å². The van der Waals surface area contributed by atoms with E-state index in [9.17, 15) is 14.0 Å². The molecule has 11 nitrogen and oxygen atoms in total. The molecule has 2 aliphatic rings. The maximum Gasteiger partial charge on any atom is 0.253 e. The van der Waals surface area contributed by atoms with E-state index in [1.54, 1.807) is 18.3 Å². The van der Waals surface area contributed by atoms with Crippen LogP contribution in [0.1, 0.15) is 77.4 Å². The Kier molecular flexibility index (Phi) is 8.37. The number of allylic oxidation sites excluding steroid dienone is 1. The van der Waals surface area contributed by atoms with Crippen LogP contribution in [0.4, 0.5) is 21.8 Å². The molecule has 0 unspecified atom stereocenters. The first-order valence-electron chi connectivity index (χ1n) is 13.8. The molecule has 1 aliphatic heterocycles. The first-order valence-corrected chi connectivity index (χ1v) is 13.8. The lowest BCUT2D eigenvalue weighted by Gasteiger charge is -2.31. The monoisotopic (exact) mass is 559 g/mol. The molecule has 0 saturated heterocycles. The normalized spacial score (nSPS) is 19.9. The van der Waals surface area contributed by atoms with Crippen LogP contribution in [0.25, 0.3) is 0 Å². The van der Waals surface area contributed by atoms with Crippen molar-refractivity contribution >= 4 is 35.5 Å². The maximum absolute atomic E-state index is 13.1. The summed E-state index contributed by atoms with van der Waals surface area (Å²) in [5.41, 5.74) is 9.29. The zero-order valence-electron chi connectivity index (χ0n) is 23.1. The number of pyridine rings is 2. The van der Waals surface area contributed by atoms with Gasteiger partial charge in [0.2, 0.25) is 5.91 Å². The van der Waals surface area contributed by atoms with Crippen molar-refractivity contribution in [2.45, 2.75) is 57.9 Å². The number of aliphatic imine (C=N–C) groups is 1. The average molecular weight is 560 g/mol. The summed E-state index contributed by atoms with van der Waals surface area (Å²) in [6.07, 6.45) is 7.08. The summed E-state index contributed by atoms with van der Waals surface area (Å²) in [6, 6.07) is 7.04. The highest BCUT2D eigenvalue weighted by molar-refractivity contribution is 5.98. The first kappa shape index (κ1) is 27.9. The number of aromatic nitrogens is 4. The van der Waals surface area contributed by atoms with Crippen molar-refractivity contribution in [3.8, 4) is 0 Å². The van der Waals surface area contributed by atoms with E-state index in [0.29, 0.717) is 42.4 Å². The van der Waals surface area contributed by atoms with E-state index in [-0.39, 0.29) is 29.7 Å². The van der Waals surface area contributed by atoms with Crippen molar-refractivity contribution in [3.05, 3.63) is 70.6 Å². The number of halogens is 1. The standard InChI is InChI=1S/C29H34FN9O2/c1-16-11-25(39-38-16)36-24-12-20-9-10-32-29(41)26(20)27(37-24)18-3-5-19(6-4-18)28(40)35-17(2)21-7-8-23(33-14-21)34-15-22(30)13-31/h7-8,11-15,17-19H,3-6,9-10,31H2,1-2H3,(H,32,41)(H,35,40)(H2,36,37,38,39)/t17-,18?,19?/m0/s1. The number of fused-ring (bicyclic) bond motifs is 1. The fourth-order valence-corrected chi connectivity index (χ4v) is 5.40. The second kappa shape index (κ2) is 12.3. The van der Waals surface area contributed by atoms with Gasteiger partial charge in [-0.3, -0.25) is 14.7 Å². The van der Waals surface area contributed by atoms with E-state index in [2.05, 4.69) is 36.1 Å². The minimum atomic E-state index is -0.654. The van der Waals surface area contributed by atoms with Crippen LogP contribution in [0.3, 0.4) is 0 Å². The van der Waals surface area contributed by atoms with Crippen molar-refractivity contribution in [2.24, 2.45) is 16.6 Å². The number of carbonyl (C=O) groups excluding carboxylic acids is 2. The van der Waals surface area contributed by atoms with Crippen LogP contribution in [-0.2, 0) is 11.2 Å². The van der Waals surface area contributed by atoms with Crippen LogP contribution in [-0.4, -0.2) is 44.7 Å². The van der Waals surface area contributed by atoms with Gasteiger partial charge in [-0.05, 0) is 69.2 Å². The van der Waals surface area contributed by atoms with Gasteiger partial charge in [0.05, 0.1) is 23.5 Å². The van der Waals surface area contributed by atoms with E-state index < -0.39 is 5.83 Å². The van der Waals surface area contributed by atoms with E-state index in [1.165, 1.54) is 0 Å². The molecule has 12 heteroatoms. The van der Waals surface area contributed by atoms with Crippen molar-refractivity contribution < 1.29 is 14.0 Å². The number of nitrogens with two attached hydrogens (primary N) is 1. The molecule has 1 atom stereocenters. The summed E-state index contributed by atoms with van der Waals surface area (Å²) >= 11 is 0. The third-order valence-electron chi connectivity index (χ3n) is 7.59. The molecule has 214 valence electrons. The second-order valence-corrected chi connectivity index (χ2v) is 10.5. The molecule has 1 saturated carbocycles. The number of anilines is 2. The van der Waals surface area contributed by atoms with Crippen LogP contribution in [0, 0.1) is 12.8 Å². The van der Waals surface area contributed by atoms with Crippen molar-refractivity contribution in [1.29, 1.82) is 0 Å². The minimum absolute atomic E-state index is 0.00903. The minimum Gasteiger partial charge on any atom is -0.402 e. The molecular weight excluding hydrogens is 525 g/mol. The molecule has 0 bridgehead atoms. The van der Waals surface area contributed by atoms with E-state index in [4.69, 9.17) is 10.7 Å². The molecule has 1 fully saturated rings. The summed E-state index contributed by atoms with van der Waals surface area (Å²) in [4.78, 5) is 39.0. The topological polar surface area (TPSA) is 163 Å². The van der Waals surface area contributed by atoms with E-state index in [0.717, 1.165) is 54.2 Å². The Morgan fingerprint density at radius 2 is 2.02 bits per heavy atom. The fraction of sp³-hybridized carbons (Fsp3) is 0.379. The zero-order chi connectivity index (χ0) is 28.9. The lowest BCUT2D eigenvalue weighted by molar-refractivity contribution is -0.126. The molecule has 0 spiro atoms. The summed E-state index contributed by atoms with van der Waals surface area (Å²) in [5.74, 6) is 0.874. The highest BCUT2D eigenvalue weighted by atomic mass is 19.1. The Hall–Kier alpha value is -4.61. The molecule has 3 aromatic heterocycles. The zero-order valence-corrected chi connectivity index (χ0v) is 23.1. The van der Waals surface area contributed by atoms with Crippen LogP contribution in [0.5, 0.6) is 0 Å². The lowest BCUT2D eigenvalue weighted by Crippen LogP contribution is -2.36. The van der Waals surface area contributed by atoms with Gasteiger partial charge < -0.3 is 21.7 Å². The number of rotatable bonds is 8. The summed E-state index contributed by atoms with van der Waals surface area (Å²) in [7, 11) is 0. The van der Waals surface area contributed by atoms with Gasteiger partial charge in [-0.15, -0.1) is 0 Å². The predicted molar refractivity (Wildman–Crippen MR) is 154 cm³/mol. The Balaban J connectivity index is 1.23. The summed E-state index contributed by atoms with van der Waals surface area (Å²) in [5, 5.41) is 16.5. The Labute approximate surface area is 237 Å². The maximum atomic E-state index is 13.1. The van der Waals surface area contributed by atoms with Crippen LogP contribution in [0.15, 0.2) is 47.5 Å². The average Bonchev–Trinajstić information content (AvgIpc) is 3.39. The van der Waals surface area contributed by atoms with Crippen molar-refractivity contribution in [2.75, 3.05) is 11.9 Å². The summed E-state index contributed by atoms with van der Waals surface area (Å²) < 4.78 is 13.1. The molecule has 4 heterocycles. The Morgan fingerprint density at radius 3 is 2.71 bits per heavy atom. The number of amides is 2. The fourth-order valence-electron chi connectivity index (χ4n) is 5.40. The molecule has 2 amide bonds. The summed E-state index contributed by atoms with van der Waals surface area (Å²) in [6.45, 7) is 4.42. The lowest BCUT2D eigenvalue weighted by atomic mass is 9.78. The van der Waals surface area contributed by atoms with Crippen LogP contribution in [0.2, 0.25) is 0 Å². The van der Waals surface area contributed by atoms with Crippen molar-refractivity contribution in [3.63, 3.8) is 0 Å². The number of hydrogen-bond acceptors (Lipinski definition) is 8. The number of aryl methyl sites for hydroxylation is 1. The van der Waals surface area contributed by atoms with Crippen LogP contribution < -0.4 is 21.7 Å². The molecule has 1 aliphatic carbocycles. The van der Waals surface area contributed by atoms with Gasteiger partial charge in [0.15, 0.2) is 17.5 Å². The Morgan fingerprint density at radius 1 is 1.22 bits per heavy atom. The third kappa shape index (κ3) is 6.59. The van der Waals surface area contributed by atoms with Gasteiger partial charge in [0, 0.05) is 42.5 Å². The van der Waals surface area contributed by atoms with Gasteiger partial charge in [-0.1, -0.05) is 6.07 Å². The number of aromatic amines is 1. The SMILES string of the molecule is Cc1cc(Nc2cc3c(c(C4CCC(C(=O)N[C@@H](C)c5ccc(N=CC(F)=CN)nc5)CC4)n2)C(=O)NCC3)n[nH]1. The van der Waals surface area contributed by atoms with Gasteiger partial charge in [0.1, 0.15) is 5.82 Å². The quantitative estimate of drug-likeness (QED) is 0.259. The highest BCUT2D eigenvalue weighted by Crippen LogP contribution is 2.39. The largest absolute Gasteiger partial charge is 0.402 e. The molecule has 5 rings (SSSR count). The van der Waals surface area contributed by atoms with E-state index >= 15 is 0 Å². The molecule has 41 heavy (non-hydrogen) atoms. The molecule has 0 radical (unpaired) electrons.